The lowest BCUT2D eigenvalue weighted by atomic mass is 10.1. The number of hydrogen-bond donors (Lipinski definition) is 1. The fraction of sp³-hybridized carbons (Fsp3) is 0.273. The number of benzene rings is 2. The first-order valence-electron chi connectivity index (χ1n) is 9.35. The molecule has 1 aliphatic rings. The van der Waals surface area contributed by atoms with Crippen LogP contribution in [-0.2, 0) is 9.59 Å². The summed E-state index contributed by atoms with van der Waals surface area (Å²) in [7, 11) is 3.90. The van der Waals surface area contributed by atoms with Gasteiger partial charge in [-0.1, -0.05) is 12.1 Å². The number of halogens is 1. The molecule has 2 amide bonds. The maximum atomic E-state index is 12.9. The van der Waals surface area contributed by atoms with E-state index in [1.807, 2.05) is 19.0 Å². The molecule has 1 unspecified atom stereocenters. The van der Waals surface area contributed by atoms with Gasteiger partial charge in [-0.3, -0.25) is 9.59 Å². The Morgan fingerprint density at radius 3 is 2.66 bits per heavy atom. The summed E-state index contributed by atoms with van der Waals surface area (Å²) in [6.07, 6.45) is 2.39. The highest BCUT2D eigenvalue weighted by Crippen LogP contribution is 2.36. The number of fused-ring (bicyclic) bond motifs is 1. The third-order valence-corrected chi connectivity index (χ3v) is 4.50. The van der Waals surface area contributed by atoms with E-state index in [0.29, 0.717) is 23.7 Å². The minimum atomic E-state index is -0.589. The number of carbonyl (C=O) groups is 2. The van der Waals surface area contributed by atoms with Gasteiger partial charge in [0.2, 0.25) is 5.91 Å². The van der Waals surface area contributed by atoms with Crippen LogP contribution in [0, 0.1) is 5.82 Å². The van der Waals surface area contributed by atoms with Crippen molar-refractivity contribution in [3.8, 4) is 5.75 Å². The van der Waals surface area contributed by atoms with Crippen LogP contribution in [0.1, 0.15) is 12.5 Å². The van der Waals surface area contributed by atoms with Gasteiger partial charge >= 0.3 is 0 Å². The van der Waals surface area contributed by atoms with E-state index in [1.165, 1.54) is 18.2 Å². The first-order valence-corrected chi connectivity index (χ1v) is 9.35. The smallest absolute Gasteiger partial charge is 0.267 e. The summed E-state index contributed by atoms with van der Waals surface area (Å²) in [5.74, 6) is -0.179. The fourth-order valence-electron chi connectivity index (χ4n) is 2.95. The highest BCUT2D eigenvalue weighted by Gasteiger charge is 2.31. The second kappa shape index (κ2) is 8.87. The quantitative estimate of drug-likeness (QED) is 0.761. The molecule has 0 saturated carbocycles. The Labute approximate surface area is 169 Å². The summed E-state index contributed by atoms with van der Waals surface area (Å²) in [5, 5.41) is 2.77. The topological polar surface area (TPSA) is 61.9 Å². The first-order chi connectivity index (χ1) is 13.8. The van der Waals surface area contributed by atoms with Crippen molar-refractivity contribution in [3.63, 3.8) is 0 Å². The Bertz CT molecular complexity index is 925. The van der Waals surface area contributed by atoms with Crippen LogP contribution in [0.3, 0.4) is 0 Å². The van der Waals surface area contributed by atoms with Crippen LogP contribution in [0.15, 0.2) is 48.5 Å². The summed E-state index contributed by atoms with van der Waals surface area (Å²) < 4.78 is 18.7. The third kappa shape index (κ3) is 5.20. The van der Waals surface area contributed by atoms with Gasteiger partial charge in [-0.05, 0) is 56.9 Å². The second-order valence-corrected chi connectivity index (χ2v) is 7.11. The van der Waals surface area contributed by atoms with E-state index in [1.54, 1.807) is 48.2 Å². The number of rotatable bonds is 6. The molecule has 0 aliphatic carbocycles. The molecule has 7 heteroatoms. The molecule has 1 heterocycles. The molecule has 1 atom stereocenters. The number of carbonyl (C=O) groups excluding carboxylic acids is 2. The summed E-state index contributed by atoms with van der Waals surface area (Å²) in [6, 6.07) is 11.1. The molecule has 0 radical (unpaired) electrons. The molecule has 152 valence electrons. The van der Waals surface area contributed by atoms with Crippen LogP contribution in [0.25, 0.3) is 6.08 Å². The van der Waals surface area contributed by atoms with Crippen molar-refractivity contribution >= 4 is 29.3 Å². The molecule has 29 heavy (non-hydrogen) atoms. The molecule has 0 saturated heterocycles. The Hall–Kier alpha value is -3.19. The predicted molar refractivity (Wildman–Crippen MR) is 112 cm³/mol. The number of likely N-dealkylation sites (N-methyl/N-ethyl adjacent to an activating group) is 1. The average molecular weight is 397 g/mol. The molecule has 3 rings (SSSR count). The molecule has 0 bridgehead atoms. The van der Waals surface area contributed by atoms with Gasteiger partial charge in [0.25, 0.3) is 5.91 Å². The molecule has 0 spiro atoms. The number of anilines is 2. The van der Waals surface area contributed by atoms with Crippen molar-refractivity contribution in [1.29, 1.82) is 0 Å². The highest BCUT2D eigenvalue weighted by molar-refractivity contribution is 6.03. The number of nitrogens with zero attached hydrogens (tertiary/aromatic N) is 2. The van der Waals surface area contributed by atoms with Crippen molar-refractivity contribution in [2.45, 2.75) is 13.0 Å². The lowest BCUT2D eigenvalue weighted by Crippen LogP contribution is -2.46. The SMILES string of the molecule is CC1Oc2cc(NC(=O)/C=C/c3ccc(F)cc3)ccc2N(CCN(C)C)C1=O. The zero-order valence-electron chi connectivity index (χ0n) is 16.7. The molecule has 1 N–H and O–H groups in total. The van der Waals surface area contributed by atoms with Crippen LogP contribution < -0.4 is 15.0 Å². The van der Waals surface area contributed by atoms with Gasteiger partial charge in [-0.2, -0.15) is 0 Å². The van der Waals surface area contributed by atoms with E-state index in [2.05, 4.69) is 5.32 Å². The normalized spacial score (nSPS) is 16.1. The monoisotopic (exact) mass is 397 g/mol. The number of ether oxygens (including phenoxy) is 1. The van der Waals surface area contributed by atoms with Crippen molar-refractivity contribution in [3.05, 3.63) is 59.9 Å². The molecule has 1 aliphatic heterocycles. The summed E-state index contributed by atoms with van der Waals surface area (Å²) in [5.41, 5.74) is 1.97. The van der Waals surface area contributed by atoms with Crippen molar-refractivity contribution < 1.29 is 18.7 Å². The highest BCUT2D eigenvalue weighted by atomic mass is 19.1. The Morgan fingerprint density at radius 1 is 1.24 bits per heavy atom. The molecule has 0 aromatic heterocycles. The summed E-state index contributed by atoms with van der Waals surface area (Å²) >= 11 is 0. The van der Waals surface area contributed by atoms with Crippen LogP contribution in [0.4, 0.5) is 15.8 Å². The maximum absolute atomic E-state index is 12.9. The summed E-state index contributed by atoms with van der Waals surface area (Å²) in [6.45, 7) is 2.99. The number of amides is 2. The van der Waals surface area contributed by atoms with Crippen LogP contribution >= 0.6 is 0 Å². The number of nitrogens with one attached hydrogen (secondary N) is 1. The molecular weight excluding hydrogens is 373 g/mol. The lowest BCUT2D eigenvalue weighted by Gasteiger charge is -2.34. The number of hydrogen-bond acceptors (Lipinski definition) is 4. The van der Waals surface area contributed by atoms with Crippen LogP contribution in [-0.4, -0.2) is 50.0 Å². The largest absolute Gasteiger partial charge is 0.479 e. The summed E-state index contributed by atoms with van der Waals surface area (Å²) in [4.78, 5) is 28.4. The van der Waals surface area contributed by atoms with Gasteiger partial charge in [-0.25, -0.2) is 4.39 Å². The van der Waals surface area contributed by atoms with E-state index < -0.39 is 6.10 Å². The van der Waals surface area contributed by atoms with E-state index in [0.717, 1.165) is 12.1 Å². The lowest BCUT2D eigenvalue weighted by molar-refractivity contribution is -0.125. The van der Waals surface area contributed by atoms with E-state index >= 15 is 0 Å². The molecule has 2 aromatic rings. The first kappa shape index (κ1) is 20.5. The van der Waals surface area contributed by atoms with Gasteiger partial charge in [0.05, 0.1) is 5.69 Å². The van der Waals surface area contributed by atoms with E-state index in [4.69, 9.17) is 4.74 Å². The molecule has 6 nitrogen and oxygen atoms in total. The molecule has 0 fully saturated rings. The van der Waals surface area contributed by atoms with Crippen molar-refractivity contribution in [2.75, 3.05) is 37.4 Å². The molecular formula is C22H24FN3O3. The van der Waals surface area contributed by atoms with Gasteiger partial charge in [0, 0.05) is 30.9 Å². The minimum Gasteiger partial charge on any atom is -0.479 e. The van der Waals surface area contributed by atoms with Gasteiger partial charge in [0.15, 0.2) is 6.10 Å². The Morgan fingerprint density at radius 2 is 1.97 bits per heavy atom. The van der Waals surface area contributed by atoms with Crippen LogP contribution in [0.5, 0.6) is 5.75 Å². The van der Waals surface area contributed by atoms with Gasteiger partial charge < -0.3 is 19.9 Å². The zero-order valence-corrected chi connectivity index (χ0v) is 16.7. The fourth-order valence-corrected chi connectivity index (χ4v) is 2.95. The Kier molecular flexibility index (Phi) is 6.29. The van der Waals surface area contributed by atoms with Crippen molar-refractivity contribution in [2.24, 2.45) is 0 Å². The van der Waals surface area contributed by atoms with Gasteiger partial charge in [-0.15, -0.1) is 0 Å². The minimum absolute atomic E-state index is 0.0848. The van der Waals surface area contributed by atoms with Crippen molar-refractivity contribution in [1.82, 2.24) is 4.90 Å². The van der Waals surface area contributed by atoms with Crippen LogP contribution in [0.2, 0.25) is 0 Å². The predicted octanol–water partition coefficient (Wildman–Crippen LogP) is 3.15. The third-order valence-electron chi connectivity index (χ3n) is 4.50. The zero-order chi connectivity index (χ0) is 21.0. The average Bonchev–Trinajstić information content (AvgIpc) is 2.68. The van der Waals surface area contributed by atoms with E-state index in [9.17, 15) is 14.0 Å². The van der Waals surface area contributed by atoms with E-state index in [-0.39, 0.29) is 17.6 Å². The van der Waals surface area contributed by atoms with Gasteiger partial charge in [0.1, 0.15) is 11.6 Å². The Balaban J connectivity index is 1.72. The standard InChI is InChI=1S/C22H24FN3O3/c1-15-22(28)26(13-12-25(2)3)19-10-9-18(14-20(19)29-15)24-21(27)11-6-16-4-7-17(23)8-5-16/h4-11,14-15H,12-13H2,1-3H3,(H,24,27)/b11-6+. The molecule has 2 aromatic carbocycles. The second-order valence-electron chi connectivity index (χ2n) is 7.11. The maximum Gasteiger partial charge on any atom is 0.267 e.